The van der Waals surface area contributed by atoms with Crippen LogP contribution in [0, 0.1) is 0 Å². The highest BCUT2D eigenvalue weighted by Gasteiger charge is 2.31. The van der Waals surface area contributed by atoms with Gasteiger partial charge in [0.1, 0.15) is 23.7 Å². The van der Waals surface area contributed by atoms with Crippen LogP contribution in [0.5, 0.6) is 11.5 Å². The van der Waals surface area contributed by atoms with E-state index in [1.165, 1.54) is 24.3 Å². The third-order valence-corrected chi connectivity index (χ3v) is 10.3. The standard InChI is InChI=1S/C25H23ClF3NO3.C25H24F3NO3/c1-2-3-7-23(33-22-13-8-16(14-19(22)26)15-24(31)32)21-6-4-5-20(30-21)17-9-11-18(12-10-17)25(27,28)29;1-2-3-7-23(32-20-14-8-17(9-15-20)16-24(30)31)22-6-4-5-21(29-22)18-10-12-19(13-11-18)25(26,27)28/h4-6,8-14,23H,2-3,7,15H2,1H3,(H,31,32);4-6,8-15,23H,2-3,7,16H2,1H3,(H,30,31)/t2*23-/m00/s1. The summed E-state index contributed by atoms with van der Waals surface area (Å²) in [5.74, 6) is -0.843. The minimum absolute atomic E-state index is 0.0593. The van der Waals surface area contributed by atoms with Crippen molar-refractivity contribution in [3.05, 3.63) is 166 Å². The van der Waals surface area contributed by atoms with Crippen LogP contribution < -0.4 is 9.47 Å². The highest BCUT2D eigenvalue weighted by atomic mass is 35.5. The van der Waals surface area contributed by atoms with Crippen LogP contribution in [0.4, 0.5) is 26.3 Å². The van der Waals surface area contributed by atoms with Gasteiger partial charge in [-0.05, 0) is 110 Å². The molecular formula is C50H47ClF6N2O6. The molecule has 0 bridgehead atoms. The van der Waals surface area contributed by atoms with E-state index >= 15 is 0 Å². The average Bonchev–Trinajstić information content (AvgIpc) is 3.27. The molecule has 2 atom stereocenters. The van der Waals surface area contributed by atoms with Crippen LogP contribution in [-0.2, 0) is 34.8 Å². The summed E-state index contributed by atoms with van der Waals surface area (Å²) in [7, 11) is 0. The van der Waals surface area contributed by atoms with E-state index < -0.39 is 41.5 Å². The summed E-state index contributed by atoms with van der Waals surface area (Å²) in [5.41, 5.74) is 3.40. The lowest BCUT2D eigenvalue weighted by Gasteiger charge is -2.20. The van der Waals surface area contributed by atoms with E-state index in [-0.39, 0.29) is 18.9 Å². The first-order valence-electron chi connectivity index (χ1n) is 20.9. The molecule has 0 spiro atoms. The number of unbranched alkanes of at least 4 members (excludes halogenated alkanes) is 2. The molecule has 0 unspecified atom stereocenters. The average molecular weight is 921 g/mol. The summed E-state index contributed by atoms with van der Waals surface area (Å²) in [6.45, 7) is 4.13. The number of aliphatic carboxylic acids is 2. The van der Waals surface area contributed by atoms with Crippen molar-refractivity contribution in [3.8, 4) is 34.0 Å². The van der Waals surface area contributed by atoms with Gasteiger partial charge >= 0.3 is 24.3 Å². The highest BCUT2D eigenvalue weighted by molar-refractivity contribution is 6.32. The van der Waals surface area contributed by atoms with E-state index in [9.17, 15) is 35.9 Å². The van der Waals surface area contributed by atoms with Gasteiger partial charge in [0.15, 0.2) is 0 Å². The Labute approximate surface area is 377 Å². The largest absolute Gasteiger partial charge is 0.484 e. The monoisotopic (exact) mass is 920 g/mol. The molecule has 15 heteroatoms. The van der Waals surface area contributed by atoms with E-state index in [0.29, 0.717) is 68.0 Å². The number of rotatable bonds is 18. The molecule has 65 heavy (non-hydrogen) atoms. The first-order valence-corrected chi connectivity index (χ1v) is 21.2. The first-order chi connectivity index (χ1) is 30.9. The molecular weight excluding hydrogens is 874 g/mol. The normalized spacial score (nSPS) is 12.4. The smallest absolute Gasteiger partial charge is 0.416 e. The fourth-order valence-corrected chi connectivity index (χ4v) is 6.91. The Morgan fingerprint density at radius 3 is 1.43 bits per heavy atom. The van der Waals surface area contributed by atoms with Gasteiger partial charge in [0, 0.05) is 11.1 Å². The molecule has 0 aliphatic carbocycles. The summed E-state index contributed by atoms with van der Waals surface area (Å²) >= 11 is 6.33. The number of benzene rings is 4. The zero-order chi connectivity index (χ0) is 47.1. The Morgan fingerprint density at radius 1 is 0.585 bits per heavy atom. The number of halogens is 7. The van der Waals surface area contributed by atoms with Gasteiger partial charge in [-0.1, -0.05) is 92.9 Å². The van der Waals surface area contributed by atoms with Gasteiger partial charge in [0.05, 0.1) is 51.8 Å². The molecule has 2 aromatic heterocycles. The van der Waals surface area contributed by atoms with Gasteiger partial charge in [0.2, 0.25) is 0 Å². The SMILES string of the molecule is CCCC[C@H](Oc1ccc(CC(=O)O)cc1)c1cccc(-c2ccc(C(F)(F)F)cc2)n1.CCCC[C@H](Oc1ccc(CC(=O)O)cc1Cl)c1cccc(-c2ccc(C(F)(F)F)cc2)n1. The van der Waals surface area contributed by atoms with E-state index in [1.54, 1.807) is 66.7 Å². The van der Waals surface area contributed by atoms with E-state index in [1.807, 2.05) is 12.1 Å². The van der Waals surface area contributed by atoms with Gasteiger partial charge in [0.25, 0.3) is 0 Å². The lowest BCUT2D eigenvalue weighted by atomic mass is 10.1. The summed E-state index contributed by atoms with van der Waals surface area (Å²) in [6.07, 6.45) is -4.69. The van der Waals surface area contributed by atoms with Crippen LogP contribution in [0.25, 0.3) is 22.5 Å². The van der Waals surface area contributed by atoms with Crippen LogP contribution >= 0.6 is 11.6 Å². The van der Waals surface area contributed by atoms with Crippen LogP contribution in [-0.4, -0.2) is 32.1 Å². The number of hydrogen-bond donors (Lipinski definition) is 2. The molecule has 0 saturated heterocycles. The molecule has 0 radical (unpaired) electrons. The number of carboxylic acid groups (broad SMARTS) is 2. The predicted octanol–water partition coefficient (Wildman–Crippen LogP) is 14.1. The molecule has 0 aliphatic heterocycles. The van der Waals surface area contributed by atoms with Gasteiger partial charge in [-0.25, -0.2) is 9.97 Å². The second kappa shape index (κ2) is 23.0. The zero-order valence-corrected chi connectivity index (χ0v) is 36.3. The molecule has 2 heterocycles. The van der Waals surface area contributed by atoms with Crippen molar-refractivity contribution in [2.24, 2.45) is 0 Å². The zero-order valence-electron chi connectivity index (χ0n) is 35.5. The van der Waals surface area contributed by atoms with Gasteiger partial charge in [-0.3, -0.25) is 9.59 Å². The summed E-state index contributed by atoms with van der Waals surface area (Å²) in [6, 6.07) is 32.3. The Balaban J connectivity index is 0.000000244. The summed E-state index contributed by atoms with van der Waals surface area (Å²) in [4.78, 5) is 31.1. The Morgan fingerprint density at radius 2 is 1.02 bits per heavy atom. The molecule has 4 aromatic carbocycles. The number of aromatic nitrogens is 2. The van der Waals surface area contributed by atoms with Crippen molar-refractivity contribution in [3.63, 3.8) is 0 Å². The maximum atomic E-state index is 12.9. The lowest BCUT2D eigenvalue weighted by Crippen LogP contribution is -2.11. The van der Waals surface area contributed by atoms with Crippen LogP contribution in [0.3, 0.4) is 0 Å². The number of nitrogens with zero attached hydrogens (tertiary/aromatic N) is 2. The highest BCUT2D eigenvalue weighted by Crippen LogP contribution is 2.35. The fourth-order valence-electron chi connectivity index (χ4n) is 6.66. The topological polar surface area (TPSA) is 119 Å². The number of pyridine rings is 2. The number of ether oxygens (including phenoxy) is 2. The van der Waals surface area contributed by atoms with Crippen molar-refractivity contribution in [1.29, 1.82) is 0 Å². The van der Waals surface area contributed by atoms with Crippen molar-refractivity contribution in [2.45, 2.75) is 89.8 Å². The van der Waals surface area contributed by atoms with Gasteiger partial charge in [-0.2, -0.15) is 26.3 Å². The van der Waals surface area contributed by atoms with Crippen LogP contribution in [0.1, 0.15) is 98.2 Å². The van der Waals surface area contributed by atoms with Gasteiger partial charge < -0.3 is 19.7 Å². The predicted molar refractivity (Wildman–Crippen MR) is 236 cm³/mol. The van der Waals surface area contributed by atoms with Gasteiger partial charge in [-0.15, -0.1) is 0 Å². The second-order valence-corrected chi connectivity index (χ2v) is 15.5. The number of alkyl halides is 6. The van der Waals surface area contributed by atoms with E-state index in [0.717, 1.165) is 56.4 Å². The van der Waals surface area contributed by atoms with Crippen molar-refractivity contribution < 1.29 is 55.6 Å². The Hall–Kier alpha value is -6.41. The molecule has 0 aliphatic rings. The Bertz CT molecular complexity index is 2480. The van der Waals surface area contributed by atoms with E-state index in [4.69, 9.17) is 31.3 Å². The lowest BCUT2D eigenvalue weighted by molar-refractivity contribution is -0.138. The van der Waals surface area contributed by atoms with E-state index in [2.05, 4.69) is 23.8 Å². The molecule has 8 nitrogen and oxygen atoms in total. The quantitative estimate of drug-likeness (QED) is 0.0818. The third kappa shape index (κ3) is 15.1. The number of carbonyl (C=O) groups is 2. The van der Waals surface area contributed by atoms with Crippen molar-refractivity contribution >= 4 is 23.5 Å². The number of carboxylic acids is 2. The first kappa shape index (κ1) is 49.6. The summed E-state index contributed by atoms with van der Waals surface area (Å²) in [5, 5.41) is 18.2. The molecule has 0 amide bonds. The van der Waals surface area contributed by atoms with Crippen LogP contribution in [0.2, 0.25) is 5.02 Å². The molecule has 0 saturated carbocycles. The summed E-state index contributed by atoms with van der Waals surface area (Å²) < 4.78 is 89.4. The minimum Gasteiger partial charge on any atom is -0.484 e. The minimum atomic E-state index is -4.40. The van der Waals surface area contributed by atoms with Crippen molar-refractivity contribution in [1.82, 2.24) is 9.97 Å². The maximum Gasteiger partial charge on any atom is 0.416 e. The molecule has 6 rings (SSSR count). The Kier molecular flexibility index (Phi) is 17.5. The molecule has 2 N–H and O–H groups in total. The third-order valence-electron chi connectivity index (χ3n) is 10.0. The second-order valence-electron chi connectivity index (χ2n) is 15.1. The number of hydrogen-bond acceptors (Lipinski definition) is 6. The maximum absolute atomic E-state index is 12.9. The molecule has 6 aromatic rings. The fraction of sp³-hybridized carbons (Fsp3) is 0.280. The van der Waals surface area contributed by atoms with Crippen LogP contribution in [0.15, 0.2) is 127 Å². The molecule has 342 valence electrons. The molecule has 0 fully saturated rings. The van der Waals surface area contributed by atoms with Crippen molar-refractivity contribution in [2.75, 3.05) is 0 Å².